The zero-order chi connectivity index (χ0) is 17.9. The van der Waals surface area contributed by atoms with Gasteiger partial charge in [-0.2, -0.15) is 0 Å². The number of phenols is 2. The Labute approximate surface area is 147 Å². The minimum atomic E-state index is 0.448. The lowest BCUT2D eigenvalue weighted by atomic mass is 10.0. The van der Waals surface area contributed by atoms with Crippen LogP contribution in [0.2, 0.25) is 0 Å². The highest BCUT2D eigenvalue weighted by Crippen LogP contribution is 2.22. The van der Waals surface area contributed by atoms with Crippen LogP contribution in [-0.4, -0.2) is 10.2 Å². The number of aryl methyl sites for hydroxylation is 2. The van der Waals surface area contributed by atoms with Crippen molar-refractivity contribution in [3.8, 4) is 11.5 Å². The molecule has 0 saturated heterocycles. The molecule has 0 unspecified atom stereocenters. The van der Waals surface area contributed by atoms with Gasteiger partial charge in [0.05, 0.1) is 0 Å². The highest BCUT2D eigenvalue weighted by Gasteiger charge is 2.03. The summed E-state index contributed by atoms with van der Waals surface area (Å²) in [5, 5.41) is 19.0. The van der Waals surface area contributed by atoms with E-state index in [2.05, 4.69) is 13.8 Å². The third-order valence-corrected chi connectivity index (χ3v) is 4.33. The van der Waals surface area contributed by atoms with E-state index in [-0.39, 0.29) is 0 Å². The molecule has 0 aromatic heterocycles. The van der Waals surface area contributed by atoms with Gasteiger partial charge in [0.1, 0.15) is 11.5 Å². The maximum atomic E-state index is 9.52. The fourth-order valence-corrected chi connectivity index (χ4v) is 2.73. The highest BCUT2D eigenvalue weighted by atomic mass is 16.3. The summed E-state index contributed by atoms with van der Waals surface area (Å²) in [6.45, 7) is 8.42. The molecule has 0 atom stereocenters. The number of rotatable bonds is 6. The Bertz CT molecular complexity index is 521. The van der Waals surface area contributed by atoms with Crippen molar-refractivity contribution < 1.29 is 10.2 Å². The largest absolute Gasteiger partial charge is 0.508 e. The zero-order valence-corrected chi connectivity index (χ0v) is 15.6. The molecule has 2 aromatic rings. The average Bonchev–Trinajstić information content (AvgIpc) is 2.55. The van der Waals surface area contributed by atoms with Crippen molar-refractivity contribution >= 4 is 0 Å². The van der Waals surface area contributed by atoms with Crippen molar-refractivity contribution in [3.63, 3.8) is 0 Å². The van der Waals surface area contributed by atoms with E-state index in [9.17, 15) is 10.2 Å². The summed E-state index contributed by atoms with van der Waals surface area (Å²) in [7, 11) is 0. The Morgan fingerprint density at radius 1 is 0.667 bits per heavy atom. The fourth-order valence-electron chi connectivity index (χ4n) is 2.73. The van der Waals surface area contributed by atoms with Gasteiger partial charge in [-0.05, 0) is 73.9 Å². The van der Waals surface area contributed by atoms with Crippen LogP contribution in [0.3, 0.4) is 0 Å². The van der Waals surface area contributed by atoms with Gasteiger partial charge in [-0.3, -0.25) is 0 Å². The van der Waals surface area contributed by atoms with Crippen molar-refractivity contribution in [2.45, 2.75) is 66.2 Å². The molecule has 0 heterocycles. The third-order valence-electron chi connectivity index (χ3n) is 4.33. The molecule has 0 aliphatic carbocycles. The number of benzene rings is 2. The Balaban J connectivity index is 0.000000240. The van der Waals surface area contributed by atoms with E-state index >= 15 is 0 Å². The molecule has 0 aliphatic heterocycles. The Hall–Kier alpha value is -1.96. The smallest absolute Gasteiger partial charge is 0.119 e. The minimum absolute atomic E-state index is 0.448. The molecular weight excluding hydrogens is 296 g/mol. The molecule has 0 saturated carbocycles. The van der Waals surface area contributed by atoms with Gasteiger partial charge >= 0.3 is 0 Å². The molecule has 2 heteroatoms. The van der Waals surface area contributed by atoms with Gasteiger partial charge in [-0.15, -0.1) is 0 Å². The van der Waals surface area contributed by atoms with Crippen LogP contribution in [0.25, 0.3) is 0 Å². The van der Waals surface area contributed by atoms with Gasteiger partial charge in [0, 0.05) is 0 Å². The Morgan fingerprint density at radius 3 is 1.33 bits per heavy atom. The maximum absolute atomic E-state index is 9.52. The first kappa shape index (κ1) is 20.1. The first-order valence-corrected chi connectivity index (χ1v) is 9.06. The molecule has 24 heavy (non-hydrogen) atoms. The van der Waals surface area contributed by atoms with Gasteiger partial charge in [-0.1, -0.05) is 51.0 Å². The van der Waals surface area contributed by atoms with E-state index < -0.39 is 0 Å². The Morgan fingerprint density at radius 2 is 1.04 bits per heavy atom. The molecule has 132 valence electrons. The number of hydrogen-bond donors (Lipinski definition) is 2. The summed E-state index contributed by atoms with van der Waals surface area (Å²) in [4.78, 5) is 0. The summed E-state index contributed by atoms with van der Waals surface area (Å²) in [5.41, 5.74) is 4.62. The van der Waals surface area contributed by atoms with Crippen LogP contribution in [0.5, 0.6) is 11.5 Å². The van der Waals surface area contributed by atoms with E-state index in [0.29, 0.717) is 11.5 Å². The number of phenolic OH excluding ortho intramolecular Hbond substituents is 2. The molecular formula is C22H32O2. The van der Waals surface area contributed by atoms with Crippen LogP contribution >= 0.6 is 0 Å². The molecule has 0 aliphatic rings. The van der Waals surface area contributed by atoms with Gasteiger partial charge in [0.25, 0.3) is 0 Å². The van der Waals surface area contributed by atoms with Crippen LogP contribution in [0.15, 0.2) is 36.4 Å². The van der Waals surface area contributed by atoms with Crippen molar-refractivity contribution in [1.82, 2.24) is 0 Å². The van der Waals surface area contributed by atoms with Crippen LogP contribution < -0.4 is 0 Å². The van der Waals surface area contributed by atoms with Gasteiger partial charge in [-0.25, -0.2) is 0 Å². The number of aromatic hydroxyl groups is 2. The topological polar surface area (TPSA) is 40.5 Å². The van der Waals surface area contributed by atoms with Crippen molar-refractivity contribution in [1.29, 1.82) is 0 Å². The van der Waals surface area contributed by atoms with Crippen LogP contribution in [0.4, 0.5) is 0 Å². The predicted molar refractivity (Wildman–Crippen MR) is 103 cm³/mol. The summed E-state index contributed by atoms with van der Waals surface area (Å²) < 4.78 is 0. The minimum Gasteiger partial charge on any atom is -0.508 e. The van der Waals surface area contributed by atoms with Crippen molar-refractivity contribution in [2.75, 3.05) is 0 Å². The van der Waals surface area contributed by atoms with E-state index in [1.165, 1.54) is 24.0 Å². The van der Waals surface area contributed by atoms with Crippen molar-refractivity contribution in [2.24, 2.45) is 0 Å². The normalized spacial score (nSPS) is 10.2. The fraction of sp³-hybridized carbons (Fsp3) is 0.455. The molecule has 2 N–H and O–H groups in total. The van der Waals surface area contributed by atoms with Gasteiger partial charge in [0.15, 0.2) is 0 Å². The second-order valence-electron chi connectivity index (χ2n) is 6.35. The third kappa shape index (κ3) is 6.27. The average molecular weight is 328 g/mol. The second kappa shape index (κ2) is 10.7. The van der Waals surface area contributed by atoms with Crippen LogP contribution in [-0.2, 0) is 12.8 Å². The first-order valence-electron chi connectivity index (χ1n) is 9.06. The summed E-state index contributed by atoms with van der Waals surface area (Å²) in [6.07, 6.45) is 6.64. The lowest BCUT2D eigenvalue weighted by Gasteiger charge is -2.06. The molecule has 2 aromatic carbocycles. The molecule has 0 bridgehead atoms. The first-order chi connectivity index (χ1) is 11.5. The van der Waals surface area contributed by atoms with Crippen LogP contribution in [0.1, 0.15) is 61.8 Å². The lowest BCUT2D eigenvalue weighted by molar-refractivity contribution is 0.465. The molecule has 0 fully saturated rings. The van der Waals surface area contributed by atoms with E-state index in [1.54, 1.807) is 12.1 Å². The quantitative estimate of drug-likeness (QED) is 0.674. The second-order valence-corrected chi connectivity index (χ2v) is 6.35. The Kier molecular flexibility index (Phi) is 8.99. The molecule has 0 radical (unpaired) electrons. The van der Waals surface area contributed by atoms with E-state index in [0.717, 1.165) is 36.8 Å². The van der Waals surface area contributed by atoms with Crippen LogP contribution in [0, 0.1) is 13.8 Å². The lowest BCUT2D eigenvalue weighted by Crippen LogP contribution is -1.89. The van der Waals surface area contributed by atoms with E-state index in [4.69, 9.17) is 0 Å². The summed E-state index contributed by atoms with van der Waals surface area (Å²) in [6, 6.07) is 11.4. The number of hydrogen-bond acceptors (Lipinski definition) is 2. The summed E-state index contributed by atoms with van der Waals surface area (Å²) in [5.74, 6) is 0.895. The summed E-state index contributed by atoms with van der Waals surface area (Å²) >= 11 is 0. The standard InChI is InChI=1S/2C11H16O/c2*1-3-4-7-10-9(2)6-5-8-11(10)12/h2*5-6,8,12H,3-4,7H2,1-2H3. The maximum Gasteiger partial charge on any atom is 0.119 e. The predicted octanol–water partition coefficient (Wildman–Crippen LogP) is 6.09. The monoisotopic (exact) mass is 328 g/mol. The SMILES string of the molecule is CCCCc1c(C)cccc1O.CCCCc1c(C)cccc1O. The number of unbranched alkanes of at least 4 members (excludes halogenated alkanes) is 2. The molecule has 2 rings (SSSR count). The van der Waals surface area contributed by atoms with E-state index in [1.807, 2.05) is 38.1 Å². The zero-order valence-electron chi connectivity index (χ0n) is 15.6. The molecule has 0 spiro atoms. The highest BCUT2D eigenvalue weighted by molar-refractivity contribution is 5.39. The molecule has 0 amide bonds. The van der Waals surface area contributed by atoms with Crippen molar-refractivity contribution in [3.05, 3.63) is 58.7 Å². The molecule has 2 nitrogen and oxygen atoms in total. The van der Waals surface area contributed by atoms with Gasteiger partial charge in [0.2, 0.25) is 0 Å². The van der Waals surface area contributed by atoms with Gasteiger partial charge < -0.3 is 10.2 Å².